The van der Waals surface area contributed by atoms with Crippen molar-refractivity contribution >= 4 is 29.2 Å². The second-order valence-corrected chi connectivity index (χ2v) is 9.14. The van der Waals surface area contributed by atoms with Crippen LogP contribution in [-0.2, 0) is 22.4 Å². The van der Waals surface area contributed by atoms with Gasteiger partial charge in [-0.2, -0.15) is 0 Å². The number of urea groups is 1. The van der Waals surface area contributed by atoms with Gasteiger partial charge in [-0.3, -0.25) is 19.4 Å². The van der Waals surface area contributed by atoms with Gasteiger partial charge in [-0.1, -0.05) is 69.0 Å². The van der Waals surface area contributed by atoms with Gasteiger partial charge in [0.05, 0.1) is 0 Å². The lowest BCUT2D eigenvalue weighted by Gasteiger charge is -2.38. The summed E-state index contributed by atoms with van der Waals surface area (Å²) in [7, 11) is 0. The van der Waals surface area contributed by atoms with Crippen LogP contribution in [0, 0.1) is 6.92 Å². The molecule has 4 amide bonds. The smallest absolute Gasteiger partial charge is 0.324 e. The van der Waals surface area contributed by atoms with Crippen LogP contribution in [0.1, 0.15) is 62.6 Å². The number of benzene rings is 2. The van der Waals surface area contributed by atoms with Crippen LogP contribution in [-0.4, -0.2) is 34.8 Å². The Bertz CT molecular complexity index is 1030. The highest BCUT2D eigenvalue weighted by Gasteiger charge is 2.58. The van der Waals surface area contributed by atoms with Crippen LogP contribution in [0.5, 0.6) is 0 Å². The lowest BCUT2D eigenvalue weighted by atomic mass is 9.80. The largest absolute Gasteiger partial charge is 0.332 e. The number of rotatable bonds is 6. The molecule has 2 fully saturated rings. The van der Waals surface area contributed by atoms with Gasteiger partial charge >= 0.3 is 6.03 Å². The third-order valence-electron chi connectivity index (χ3n) is 7.03. The maximum Gasteiger partial charge on any atom is 0.332 e. The summed E-state index contributed by atoms with van der Waals surface area (Å²) in [5, 5.41) is 3.00. The van der Waals surface area contributed by atoms with Gasteiger partial charge in [0.2, 0.25) is 5.91 Å². The molecule has 1 saturated heterocycles. The summed E-state index contributed by atoms with van der Waals surface area (Å²) in [6.45, 7) is 5.81. The SMILES string of the molecule is CCc1cccc(CC)c1NC(=O)CN1C(=O)N(c2ccc(C)cc2)C2(CCCCC2)C1=O. The number of aryl methyl sites for hydroxylation is 3. The van der Waals surface area contributed by atoms with Crippen LogP contribution in [0.15, 0.2) is 42.5 Å². The highest BCUT2D eigenvalue weighted by Crippen LogP contribution is 2.43. The van der Waals surface area contributed by atoms with E-state index >= 15 is 0 Å². The summed E-state index contributed by atoms with van der Waals surface area (Å²) in [6, 6.07) is 13.3. The van der Waals surface area contributed by atoms with E-state index in [1.54, 1.807) is 4.90 Å². The Morgan fingerprint density at radius 2 is 1.55 bits per heavy atom. The Morgan fingerprint density at radius 3 is 2.12 bits per heavy atom. The van der Waals surface area contributed by atoms with Gasteiger partial charge < -0.3 is 5.32 Å². The molecule has 0 aromatic heterocycles. The van der Waals surface area contributed by atoms with Crippen LogP contribution in [0.2, 0.25) is 0 Å². The van der Waals surface area contributed by atoms with Gasteiger partial charge in [-0.05, 0) is 55.9 Å². The van der Waals surface area contributed by atoms with Crippen LogP contribution >= 0.6 is 0 Å². The third kappa shape index (κ3) is 4.14. The quantitative estimate of drug-likeness (QED) is 0.617. The molecule has 2 aromatic carbocycles. The van der Waals surface area contributed by atoms with Gasteiger partial charge in [0.15, 0.2) is 0 Å². The number of nitrogens with zero attached hydrogens (tertiary/aromatic N) is 2. The van der Waals surface area contributed by atoms with Crippen LogP contribution < -0.4 is 10.2 Å². The molecule has 6 nitrogen and oxygen atoms in total. The average Bonchev–Trinajstić information content (AvgIpc) is 3.01. The fourth-order valence-electron chi connectivity index (χ4n) is 5.23. The van der Waals surface area contributed by atoms with E-state index in [9.17, 15) is 14.4 Å². The van der Waals surface area contributed by atoms with Gasteiger partial charge in [-0.15, -0.1) is 0 Å². The second-order valence-electron chi connectivity index (χ2n) is 9.14. The Balaban J connectivity index is 1.62. The molecule has 0 unspecified atom stereocenters. The molecule has 1 heterocycles. The lowest BCUT2D eigenvalue weighted by molar-refractivity contribution is -0.134. The van der Waals surface area contributed by atoms with Crippen molar-refractivity contribution in [3.8, 4) is 0 Å². The van der Waals surface area contributed by atoms with Gasteiger partial charge in [-0.25, -0.2) is 4.79 Å². The molecule has 1 aliphatic carbocycles. The number of imide groups is 1. The van der Waals surface area contributed by atoms with E-state index in [1.807, 2.05) is 63.2 Å². The Labute approximate surface area is 196 Å². The predicted octanol–water partition coefficient (Wildman–Crippen LogP) is 5.23. The third-order valence-corrected chi connectivity index (χ3v) is 7.03. The maximum absolute atomic E-state index is 13.7. The lowest BCUT2D eigenvalue weighted by Crippen LogP contribution is -2.51. The second kappa shape index (κ2) is 9.38. The zero-order valence-corrected chi connectivity index (χ0v) is 19.8. The summed E-state index contributed by atoms with van der Waals surface area (Å²) >= 11 is 0. The molecule has 1 spiro atoms. The van der Waals surface area contributed by atoms with Crippen molar-refractivity contribution in [3.63, 3.8) is 0 Å². The number of anilines is 2. The van der Waals surface area contributed by atoms with Crippen molar-refractivity contribution in [1.29, 1.82) is 0 Å². The maximum atomic E-state index is 13.7. The molecular formula is C27H33N3O3. The zero-order chi connectivity index (χ0) is 23.6. The van der Waals surface area contributed by atoms with Crippen molar-refractivity contribution in [2.24, 2.45) is 0 Å². The van der Waals surface area contributed by atoms with Gasteiger partial charge in [0.25, 0.3) is 5.91 Å². The molecule has 174 valence electrons. The number of para-hydroxylation sites is 1. The first-order valence-corrected chi connectivity index (χ1v) is 12.0. The minimum Gasteiger partial charge on any atom is -0.324 e. The highest BCUT2D eigenvalue weighted by molar-refractivity contribution is 6.18. The molecular weight excluding hydrogens is 414 g/mol. The molecule has 0 radical (unpaired) electrons. The van der Waals surface area contributed by atoms with Crippen molar-refractivity contribution in [3.05, 3.63) is 59.2 Å². The van der Waals surface area contributed by atoms with Crippen molar-refractivity contribution in [2.45, 2.75) is 71.3 Å². The molecule has 4 rings (SSSR count). The minimum atomic E-state index is -0.888. The predicted molar refractivity (Wildman–Crippen MR) is 130 cm³/mol. The summed E-state index contributed by atoms with van der Waals surface area (Å²) in [6.07, 6.45) is 5.67. The van der Waals surface area contributed by atoms with Crippen molar-refractivity contribution < 1.29 is 14.4 Å². The summed E-state index contributed by atoms with van der Waals surface area (Å²) < 4.78 is 0. The highest BCUT2D eigenvalue weighted by atomic mass is 16.2. The molecule has 0 bridgehead atoms. The van der Waals surface area contributed by atoms with E-state index in [0.717, 1.165) is 59.4 Å². The van der Waals surface area contributed by atoms with Crippen molar-refractivity contribution in [2.75, 3.05) is 16.8 Å². The van der Waals surface area contributed by atoms with E-state index in [-0.39, 0.29) is 18.4 Å². The van der Waals surface area contributed by atoms with E-state index in [0.29, 0.717) is 18.5 Å². The molecule has 1 aliphatic heterocycles. The minimum absolute atomic E-state index is 0.248. The number of hydrogen-bond acceptors (Lipinski definition) is 3. The Hall–Kier alpha value is -3.15. The van der Waals surface area contributed by atoms with Crippen LogP contribution in [0.25, 0.3) is 0 Å². The molecule has 6 heteroatoms. The number of nitrogens with one attached hydrogen (secondary N) is 1. The van der Waals surface area contributed by atoms with Gasteiger partial charge in [0.1, 0.15) is 12.1 Å². The number of carbonyl (C=O) groups is 3. The molecule has 2 aliphatic rings. The average molecular weight is 448 g/mol. The van der Waals surface area contributed by atoms with E-state index in [4.69, 9.17) is 0 Å². The Morgan fingerprint density at radius 1 is 0.939 bits per heavy atom. The monoisotopic (exact) mass is 447 g/mol. The van der Waals surface area contributed by atoms with Gasteiger partial charge in [0, 0.05) is 11.4 Å². The molecule has 1 saturated carbocycles. The normalized spacial score (nSPS) is 17.7. The molecule has 0 atom stereocenters. The number of carbonyl (C=O) groups excluding carboxylic acids is 3. The number of hydrogen-bond donors (Lipinski definition) is 1. The first kappa shape index (κ1) is 23.0. The van der Waals surface area contributed by atoms with E-state index < -0.39 is 11.6 Å². The van der Waals surface area contributed by atoms with Crippen LogP contribution in [0.3, 0.4) is 0 Å². The zero-order valence-electron chi connectivity index (χ0n) is 19.8. The first-order valence-electron chi connectivity index (χ1n) is 12.0. The standard InChI is InChI=1S/C27H33N3O3/c1-4-20-10-9-11-21(5-2)24(20)28-23(31)18-29-25(32)27(16-7-6-8-17-27)30(26(29)33)22-14-12-19(3)13-15-22/h9-15H,4-8,16-18H2,1-3H3,(H,28,31). The molecule has 2 aromatic rings. The summed E-state index contributed by atoms with van der Waals surface area (Å²) in [5.74, 6) is -0.591. The molecule has 1 N–H and O–H groups in total. The Kier molecular flexibility index (Phi) is 6.54. The topological polar surface area (TPSA) is 69.7 Å². The summed E-state index contributed by atoms with van der Waals surface area (Å²) in [5.41, 5.74) is 3.81. The fraction of sp³-hybridized carbons (Fsp3) is 0.444. The van der Waals surface area contributed by atoms with Crippen LogP contribution in [0.4, 0.5) is 16.2 Å². The van der Waals surface area contributed by atoms with Crippen molar-refractivity contribution in [1.82, 2.24) is 4.90 Å². The first-order chi connectivity index (χ1) is 15.9. The molecule has 33 heavy (non-hydrogen) atoms. The fourth-order valence-corrected chi connectivity index (χ4v) is 5.23. The van der Waals surface area contributed by atoms with E-state index in [1.165, 1.54) is 0 Å². The van der Waals surface area contributed by atoms with E-state index in [2.05, 4.69) is 5.32 Å². The summed E-state index contributed by atoms with van der Waals surface area (Å²) in [4.78, 5) is 43.1. The number of amides is 4.